The van der Waals surface area contributed by atoms with E-state index in [0.29, 0.717) is 5.92 Å². The number of aliphatic hydroxyl groups excluding tert-OH is 1. The SMILES string of the molecule is CC(C)(C)OC(=O)OC12CC3CC(I)(CC(CO)(C3)C1)C2. The van der Waals surface area contributed by atoms with Crippen LogP contribution in [0.1, 0.15) is 59.3 Å². The van der Waals surface area contributed by atoms with Gasteiger partial charge in [0.2, 0.25) is 0 Å². The summed E-state index contributed by atoms with van der Waals surface area (Å²) in [5, 5.41) is 9.91. The molecule has 21 heavy (non-hydrogen) atoms. The molecule has 4 atom stereocenters. The number of ether oxygens (including phenoxy) is 2. The third-order valence-electron chi connectivity index (χ3n) is 5.09. The van der Waals surface area contributed by atoms with E-state index in [1.54, 1.807) is 0 Å². The zero-order chi connectivity index (χ0) is 15.5. The Bertz CT molecular complexity index is 460. The van der Waals surface area contributed by atoms with E-state index in [2.05, 4.69) is 22.6 Å². The van der Waals surface area contributed by atoms with E-state index in [1.165, 1.54) is 6.42 Å². The molecule has 1 N–H and O–H groups in total. The summed E-state index contributed by atoms with van der Waals surface area (Å²) in [6.07, 6.45) is 5.38. The van der Waals surface area contributed by atoms with E-state index in [-0.39, 0.29) is 15.4 Å². The standard InChI is InChI=1S/C16H25IO4/c1-13(2,3)20-12(19)21-16-6-11-4-14(8-16,10-18)7-15(17,5-11)9-16/h11,18H,4-10H2,1-3H3. The van der Waals surface area contributed by atoms with Crippen LogP contribution < -0.4 is 0 Å². The molecule has 0 heterocycles. The second-order valence-corrected chi connectivity index (χ2v) is 10.9. The van der Waals surface area contributed by atoms with Gasteiger partial charge in [0.05, 0.1) is 0 Å². The van der Waals surface area contributed by atoms with Gasteiger partial charge in [-0.2, -0.15) is 0 Å². The minimum atomic E-state index is -0.558. The van der Waals surface area contributed by atoms with Crippen molar-refractivity contribution >= 4 is 28.7 Å². The fraction of sp³-hybridized carbons (Fsp3) is 0.938. The van der Waals surface area contributed by atoms with E-state index >= 15 is 0 Å². The first-order chi connectivity index (χ1) is 9.57. The summed E-state index contributed by atoms with van der Waals surface area (Å²) in [6, 6.07) is 0. The monoisotopic (exact) mass is 408 g/mol. The maximum atomic E-state index is 12.1. The number of aliphatic hydroxyl groups is 1. The minimum absolute atomic E-state index is 0.0530. The molecule has 4 bridgehead atoms. The van der Waals surface area contributed by atoms with Crippen LogP contribution in [-0.2, 0) is 9.47 Å². The van der Waals surface area contributed by atoms with Gasteiger partial charge in [-0.25, -0.2) is 4.79 Å². The predicted molar refractivity (Wildman–Crippen MR) is 87.5 cm³/mol. The van der Waals surface area contributed by atoms with Crippen molar-refractivity contribution in [3.63, 3.8) is 0 Å². The molecule has 4 nitrogen and oxygen atoms in total. The molecule has 4 unspecified atom stereocenters. The van der Waals surface area contributed by atoms with Crippen molar-refractivity contribution in [1.82, 2.24) is 0 Å². The van der Waals surface area contributed by atoms with Crippen molar-refractivity contribution in [2.45, 2.75) is 73.9 Å². The lowest BCUT2D eigenvalue weighted by atomic mass is 9.48. The van der Waals surface area contributed by atoms with E-state index < -0.39 is 17.4 Å². The highest BCUT2D eigenvalue weighted by atomic mass is 127. The van der Waals surface area contributed by atoms with Gasteiger partial charge in [0, 0.05) is 16.4 Å². The fourth-order valence-electron chi connectivity index (χ4n) is 5.16. The second-order valence-electron chi connectivity index (χ2n) is 8.57. The number of hydrogen-bond donors (Lipinski definition) is 1. The fourth-order valence-corrected chi connectivity index (χ4v) is 7.29. The summed E-state index contributed by atoms with van der Waals surface area (Å²) in [7, 11) is 0. The van der Waals surface area contributed by atoms with Crippen LogP contribution in [0.25, 0.3) is 0 Å². The summed E-state index contributed by atoms with van der Waals surface area (Å²) < 4.78 is 11.4. The number of carbonyl (C=O) groups excluding carboxylic acids is 1. The van der Waals surface area contributed by atoms with Gasteiger partial charge in [-0.3, -0.25) is 0 Å². The maximum Gasteiger partial charge on any atom is 0.509 e. The highest BCUT2D eigenvalue weighted by molar-refractivity contribution is 14.1. The smallest absolute Gasteiger partial charge is 0.429 e. The van der Waals surface area contributed by atoms with Crippen LogP contribution in [0.15, 0.2) is 0 Å². The van der Waals surface area contributed by atoms with Crippen LogP contribution >= 0.6 is 22.6 Å². The van der Waals surface area contributed by atoms with Gasteiger partial charge in [0.25, 0.3) is 0 Å². The number of carbonyl (C=O) groups is 1. The van der Waals surface area contributed by atoms with Gasteiger partial charge in [-0.15, -0.1) is 0 Å². The maximum absolute atomic E-state index is 12.1. The number of rotatable bonds is 2. The average molecular weight is 408 g/mol. The molecule has 0 aromatic carbocycles. The zero-order valence-corrected chi connectivity index (χ0v) is 15.2. The van der Waals surface area contributed by atoms with E-state index in [4.69, 9.17) is 9.47 Å². The van der Waals surface area contributed by atoms with Gasteiger partial charge in [-0.05, 0) is 64.2 Å². The lowest BCUT2D eigenvalue weighted by Crippen LogP contribution is -2.63. The molecule has 0 aromatic rings. The highest BCUT2D eigenvalue weighted by Crippen LogP contribution is 2.66. The number of hydrogen-bond acceptors (Lipinski definition) is 4. The van der Waals surface area contributed by atoms with Gasteiger partial charge < -0.3 is 14.6 Å². The van der Waals surface area contributed by atoms with Gasteiger partial charge in [-0.1, -0.05) is 22.6 Å². The lowest BCUT2D eigenvalue weighted by molar-refractivity contribution is -0.177. The lowest BCUT2D eigenvalue weighted by Gasteiger charge is -2.63. The Hall–Kier alpha value is -0.0400. The van der Waals surface area contributed by atoms with E-state index in [0.717, 1.165) is 32.1 Å². The van der Waals surface area contributed by atoms with Crippen molar-refractivity contribution in [2.75, 3.05) is 6.61 Å². The van der Waals surface area contributed by atoms with E-state index in [1.807, 2.05) is 20.8 Å². The topological polar surface area (TPSA) is 55.8 Å². The molecule has 0 saturated heterocycles. The molecular weight excluding hydrogens is 383 g/mol. The molecule has 4 fully saturated rings. The van der Waals surface area contributed by atoms with Crippen LogP contribution in [0.2, 0.25) is 0 Å². The Labute approximate surface area is 140 Å². The van der Waals surface area contributed by atoms with E-state index in [9.17, 15) is 9.90 Å². The Kier molecular flexibility index (Phi) is 3.57. The summed E-state index contributed by atoms with van der Waals surface area (Å²) in [4.78, 5) is 12.1. The first-order valence-electron chi connectivity index (χ1n) is 7.79. The van der Waals surface area contributed by atoms with Crippen LogP contribution in [0.4, 0.5) is 4.79 Å². The largest absolute Gasteiger partial charge is 0.509 e. The van der Waals surface area contributed by atoms with Crippen LogP contribution in [0, 0.1) is 11.3 Å². The van der Waals surface area contributed by atoms with Crippen molar-refractivity contribution in [2.24, 2.45) is 11.3 Å². The minimum Gasteiger partial charge on any atom is -0.429 e. The summed E-state index contributed by atoms with van der Waals surface area (Å²) in [5.41, 5.74) is -1.01. The van der Waals surface area contributed by atoms with Gasteiger partial charge >= 0.3 is 6.16 Å². The molecule has 4 rings (SSSR count). The van der Waals surface area contributed by atoms with Crippen molar-refractivity contribution in [1.29, 1.82) is 0 Å². The number of alkyl halides is 1. The first-order valence-corrected chi connectivity index (χ1v) is 8.86. The molecule has 5 heteroatoms. The Morgan fingerprint density at radius 2 is 1.95 bits per heavy atom. The predicted octanol–water partition coefficient (Wildman–Crippen LogP) is 3.83. The van der Waals surface area contributed by atoms with Crippen LogP contribution in [-0.4, -0.2) is 32.5 Å². The second kappa shape index (κ2) is 4.73. The van der Waals surface area contributed by atoms with Crippen LogP contribution in [0.3, 0.4) is 0 Å². The number of halogens is 1. The van der Waals surface area contributed by atoms with Gasteiger partial charge in [0.1, 0.15) is 11.2 Å². The average Bonchev–Trinajstić information content (AvgIpc) is 2.21. The first kappa shape index (κ1) is 15.8. The summed E-state index contributed by atoms with van der Waals surface area (Å²) in [6.45, 7) is 5.75. The molecule has 0 radical (unpaired) electrons. The quantitative estimate of drug-likeness (QED) is 0.429. The van der Waals surface area contributed by atoms with Crippen molar-refractivity contribution < 1.29 is 19.4 Å². The van der Waals surface area contributed by atoms with Crippen LogP contribution in [0.5, 0.6) is 0 Å². The summed E-state index contributed by atoms with van der Waals surface area (Å²) >= 11 is 2.54. The van der Waals surface area contributed by atoms with Gasteiger partial charge in [0.15, 0.2) is 0 Å². The third-order valence-corrected chi connectivity index (χ3v) is 6.29. The summed E-state index contributed by atoms with van der Waals surface area (Å²) in [5.74, 6) is 0.563. The zero-order valence-electron chi connectivity index (χ0n) is 13.1. The van der Waals surface area contributed by atoms with Crippen molar-refractivity contribution in [3.8, 4) is 0 Å². The Morgan fingerprint density at radius 1 is 1.24 bits per heavy atom. The molecule has 4 aliphatic rings. The Morgan fingerprint density at radius 3 is 2.52 bits per heavy atom. The molecule has 120 valence electrons. The molecule has 0 aromatic heterocycles. The molecule has 0 amide bonds. The molecular formula is C16H25IO4. The molecule has 4 saturated carbocycles. The highest BCUT2D eigenvalue weighted by Gasteiger charge is 2.64. The Balaban J connectivity index is 1.80. The molecule has 0 aliphatic heterocycles. The molecule has 0 spiro atoms. The normalized spacial score (nSPS) is 44.7. The molecule has 4 aliphatic carbocycles. The third kappa shape index (κ3) is 3.05. The van der Waals surface area contributed by atoms with Crippen molar-refractivity contribution in [3.05, 3.63) is 0 Å².